The van der Waals surface area contributed by atoms with Crippen LogP contribution in [0.4, 0.5) is 17.5 Å². The molecule has 0 saturated heterocycles. The number of aromatic amines is 1. The van der Waals surface area contributed by atoms with Crippen LogP contribution in [0.3, 0.4) is 0 Å². The molecule has 0 spiro atoms. The number of hydrogen-bond donors (Lipinski definition) is 5. The summed E-state index contributed by atoms with van der Waals surface area (Å²) in [7, 11) is 0. The molecule has 8 nitrogen and oxygen atoms in total. The first-order valence-corrected chi connectivity index (χ1v) is 9.54. The summed E-state index contributed by atoms with van der Waals surface area (Å²) in [5, 5.41) is 26.0. The van der Waals surface area contributed by atoms with Crippen molar-refractivity contribution in [1.82, 2.24) is 15.0 Å². The van der Waals surface area contributed by atoms with E-state index < -0.39 is 0 Å². The van der Waals surface area contributed by atoms with Crippen molar-refractivity contribution in [3.63, 3.8) is 0 Å². The minimum atomic E-state index is -0.146. The summed E-state index contributed by atoms with van der Waals surface area (Å²) in [6.07, 6.45) is 1.88. The Balaban J connectivity index is 2.07. The lowest BCUT2D eigenvalue weighted by atomic mass is 10.1. The van der Waals surface area contributed by atoms with Crippen LogP contribution in [-0.2, 0) is 0 Å². The molecule has 0 aliphatic carbocycles. The first-order valence-electron chi connectivity index (χ1n) is 9.54. The number of rotatable bonds is 7. The van der Waals surface area contributed by atoms with Gasteiger partial charge in [0.25, 0.3) is 0 Å². The maximum absolute atomic E-state index is 9.77. The largest absolute Gasteiger partial charge is 0.508 e. The normalized spacial score (nSPS) is 12.7. The second-order valence-corrected chi connectivity index (χ2v) is 7.67. The summed E-state index contributed by atoms with van der Waals surface area (Å²) in [6.45, 7) is 10.1. The van der Waals surface area contributed by atoms with Gasteiger partial charge in [-0.25, -0.2) is 4.57 Å². The van der Waals surface area contributed by atoms with Gasteiger partial charge in [-0.2, -0.15) is 4.98 Å². The quantitative estimate of drug-likeness (QED) is 0.316. The zero-order valence-corrected chi connectivity index (χ0v) is 17.0. The van der Waals surface area contributed by atoms with E-state index >= 15 is 0 Å². The van der Waals surface area contributed by atoms with Gasteiger partial charge in [0.05, 0.1) is 18.7 Å². The topological polar surface area (TPSA) is 110 Å². The maximum Gasteiger partial charge on any atom is 0.309 e. The van der Waals surface area contributed by atoms with Crippen LogP contribution in [0.5, 0.6) is 5.75 Å². The van der Waals surface area contributed by atoms with E-state index in [1.54, 1.807) is 12.1 Å². The molecular formula is C20H29N6O2+. The van der Waals surface area contributed by atoms with E-state index in [2.05, 4.69) is 39.4 Å². The van der Waals surface area contributed by atoms with Gasteiger partial charge in [0.2, 0.25) is 5.52 Å². The monoisotopic (exact) mass is 385 g/mol. The molecule has 28 heavy (non-hydrogen) atoms. The van der Waals surface area contributed by atoms with Gasteiger partial charge in [-0.3, -0.25) is 4.98 Å². The zero-order chi connectivity index (χ0) is 20.4. The van der Waals surface area contributed by atoms with Gasteiger partial charge >= 0.3 is 11.6 Å². The zero-order valence-electron chi connectivity index (χ0n) is 17.0. The summed E-state index contributed by atoms with van der Waals surface area (Å²) in [6, 6.07) is 5.39. The van der Waals surface area contributed by atoms with E-state index in [4.69, 9.17) is 0 Å². The molecule has 8 heteroatoms. The number of anilines is 3. The highest BCUT2D eigenvalue weighted by Crippen LogP contribution is 2.26. The number of phenolic OH excluding ortho intramolecular Hbond substituents is 1. The van der Waals surface area contributed by atoms with Crippen molar-refractivity contribution >= 4 is 28.6 Å². The molecule has 150 valence electrons. The molecule has 0 amide bonds. The smallest absolute Gasteiger partial charge is 0.309 e. The lowest BCUT2D eigenvalue weighted by Gasteiger charge is -2.19. The highest BCUT2D eigenvalue weighted by molar-refractivity contribution is 5.84. The standard InChI is InChI=1S/C20H28N6O2/c1-11(2)15(9-27)23-20-24-18(22-14-6-7-16(28)13(5)8-14)17-19(25-20)26(10-21-17)12(3)4/h6-8,10-12,15,27H,9H2,1-5H3,(H3,22,23,24,25,28)/p+1/t15-/m0/s1. The number of aromatic hydroxyl groups is 1. The van der Waals surface area contributed by atoms with Crippen LogP contribution in [0, 0.1) is 12.8 Å². The lowest BCUT2D eigenvalue weighted by molar-refractivity contribution is -0.692. The van der Waals surface area contributed by atoms with Gasteiger partial charge in [0.1, 0.15) is 5.75 Å². The molecule has 0 unspecified atom stereocenters. The summed E-state index contributed by atoms with van der Waals surface area (Å²) >= 11 is 0. The molecule has 0 fully saturated rings. The molecule has 3 aromatic rings. The third kappa shape index (κ3) is 4.01. The van der Waals surface area contributed by atoms with E-state index in [-0.39, 0.29) is 30.4 Å². The van der Waals surface area contributed by atoms with Crippen molar-refractivity contribution in [2.75, 3.05) is 17.2 Å². The fraction of sp³-hybridized carbons (Fsp3) is 0.450. The van der Waals surface area contributed by atoms with E-state index in [1.807, 2.05) is 37.7 Å². The first kappa shape index (κ1) is 19.9. The summed E-state index contributed by atoms with van der Waals surface area (Å²) in [4.78, 5) is 12.6. The molecule has 2 aromatic heterocycles. The predicted octanol–water partition coefficient (Wildman–Crippen LogP) is 3.01. The van der Waals surface area contributed by atoms with Crippen LogP contribution in [0.25, 0.3) is 11.2 Å². The Labute approximate surface area is 164 Å². The van der Waals surface area contributed by atoms with Gasteiger partial charge in [-0.15, -0.1) is 0 Å². The molecule has 0 bridgehead atoms. The number of nitrogens with one attached hydrogen (secondary N) is 3. The third-order valence-electron chi connectivity index (χ3n) is 4.81. The van der Waals surface area contributed by atoms with E-state index in [0.717, 1.165) is 22.4 Å². The van der Waals surface area contributed by atoms with Crippen molar-refractivity contribution in [1.29, 1.82) is 0 Å². The maximum atomic E-state index is 9.77. The highest BCUT2D eigenvalue weighted by atomic mass is 16.3. The predicted molar refractivity (Wildman–Crippen MR) is 110 cm³/mol. The number of phenols is 1. The van der Waals surface area contributed by atoms with E-state index in [0.29, 0.717) is 11.8 Å². The molecule has 5 N–H and O–H groups in total. The number of aromatic nitrogens is 4. The number of fused-ring (bicyclic) bond motifs is 1. The summed E-state index contributed by atoms with van der Waals surface area (Å²) in [5.41, 5.74) is 3.15. The fourth-order valence-corrected chi connectivity index (χ4v) is 2.97. The van der Waals surface area contributed by atoms with Gasteiger partial charge < -0.3 is 20.8 Å². The number of hydrogen-bond acceptors (Lipinski definition) is 6. The number of aliphatic hydroxyl groups excluding tert-OH is 1. The number of nitrogens with zero attached hydrogens (tertiary/aromatic N) is 3. The number of aryl methyl sites for hydroxylation is 1. The van der Waals surface area contributed by atoms with Crippen LogP contribution >= 0.6 is 0 Å². The number of aliphatic hydroxyl groups is 1. The average molecular weight is 385 g/mol. The van der Waals surface area contributed by atoms with Crippen LogP contribution in [-0.4, -0.2) is 37.8 Å². The third-order valence-corrected chi connectivity index (χ3v) is 4.81. The lowest BCUT2D eigenvalue weighted by Crippen LogP contribution is -2.35. The molecule has 0 radical (unpaired) electrons. The van der Waals surface area contributed by atoms with Crippen molar-refractivity contribution in [2.45, 2.75) is 46.7 Å². The Morgan fingerprint density at radius 3 is 2.54 bits per heavy atom. The summed E-state index contributed by atoms with van der Waals surface area (Å²) < 4.78 is 2.04. The molecular weight excluding hydrogens is 356 g/mol. The van der Waals surface area contributed by atoms with Crippen LogP contribution in [0.1, 0.15) is 39.3 Å². The Morgan fingerprint density at radius 1 is 1.18 bits per heavy atom. The highest BCUT2D eigenvalue weighted by Gasteiger charge is 2.23. The molecule has 0 aliphatic heterocycles. The first-order chi connectivity index (χ1) is 13.3. The minimum Gasteiger partial charge on any atom is -0.508 e. The molecule has 2 heterocycles. The molecule has 1 aromatic carbocycles. The minimum absolute atomic E-state index is 0.00367. The van der Waals surface area contributed by atoms with E-state index in [1.165, 1.54) is 0 Å². The second kappa shape index (κ2) is 8.02. The Morgan fingerprint density at radius 2 is 1.93 bits per heavy atom. The fourth-order valence-electron chi connectivity index (χ4n) is 2.97. The van der Waals surface area contributed by atoms with Crippen molar-refractivity contribution in [2.24, 2.45) is 5.92 Å². The van der Waals surface area contributed by atoms with Crippen molar-refractivity contribution in [3.8, 4) is 5.75 Å². The van der Waals surface area contributed by atoms with Gasteiger partial charge in [0, 0.05) is 5.69 Å². The van der Waals surface area contributed by atoms with Gasteiger partial charge in [0.15, 0.2) is 12.1 Å². The van der Waals surface area contributed by atoms with Crippen LogP contribution in [0.15, 0.2) is 24.5 Å². The average Bonchev–Trinajstić information content (AvgIpc) is 3.07. The molecule has 0 aliphatic rings. The molecule has 0 saturated carbocycles. The SMILES string of the molecule is Cc1cc(Nc2nc(N[C@@H](CO)C(C)C)nc3c2[nH]c[n+]3C(C)C)ccc1O. The molecule has 3 rings (SSSR count). The Bertz CT molecular complexity index is 967. The van der Waals surface area contributed by atoms with Crippen molar-refractivity contribution < 1.29 is 14.8 Å². The summed E-state index contributed by atoms with van der Waals surface area (Å²) in [5.74, 6) is 1.55. The second-order valence-electron chi connectivity index (χ2n) is 7.67. The van der Waals surface area contributed by atoms with E-state index in [9.17, 15) is 10.2 Å². The van der Waals surface area contributed by atoms with Crippen LogP contribution in [0.2, 0.25) is 0 Å². The number of benzene rings is 1. The number of imidazole rings is 1. The van der Waals surface area contributed by atoms with Gasteiger partial charge in [-0.1, -0.05) is 18.8 Å². The van der Waals surface area contributed by atoms with Crippen molar-refractivity contribution in [3.05, 3.63) is 30.1 Å². The molecule has 1 atom stereocenters. The Kier molecular flexibility index (Phi) is 5.69. The Hall–Kier alpha value is -2.87. The van der Waals surface area contributed by atoms with Crippen LogP contribution < -0.4 is 15.2 Å². The van der Waals surface area contributed by atoms with Gasteiger partial charge in [-0.05, 0) is 50.5 Å². The number of H-pyrrole nitrogens is 1.